The van der Waals surface area contributed by atoms with Gasteiger partial charge in [0.25, 0.3) is 0 Å². The second kappa shape index (κ2) is 4.72. The van der Waals surface area contributed by atoms with Crippen LogP contribution in [0.4, 0.5) is 11.5 Å². The summed E-state index contributed by atoms with van der Waals surface area (Å²) in [7, 11) is -1.49. The number of pyridine rings is 1. The summed E-state index contributed by atoms with van der Waals surface area (Å²) in [5.41, 5.74) is 7.00. The average molecular weight is 221 g/mol. The van der Waals surface area contributed by atoms with Gasteiger partial charge in [-0.05, 0) is 25.3 Å². The minimum atomic E-state index is -1.49. The Kier molecular flexibility index (Phi) is 3.31. The van der Waals surface area contributed by atoms with Crippen LogP contribution in [0.15, 0.2) is 12.3 Å². The molecule has 6 heteroatoms. The Balaban J connectivity index is 2.27. The molecule has 0 aliphatic carbocycles. The fourth-order valence-corrected chi connectivity index (χ4v) is 2.01. The number of anilines is 2. The highest BCUT2D eigenvalue weighted by molar-refractivity contribution is 6.58. The van der Waals surface area contributed by atoms with Crippen LogP contribution in [0.1, 0.15) is 19.3 Å². The summed E-state index contributed by atoms with van der Waals surface area (Å²) >= 11 is 0. The van der Waals surface area contributed by atoms with E-state index in [0.29, 0.717) is 11.3 Å². The SMILES string of the molecule is Nc1ncc(B(O)O)cc1N1CCCCC1. The van der Waals surface area contributed by atoms with Crippen LogP contribution in [-0.2, 0) is 0 Å². The van der Waals surface area contributed by atoms with Crippen molar-refractivity contribution >= 4 is 24.1 Å². The summed E-state index contributed by atoms with van der Waals surface area (Å²) in [6.45, 7) is 1.91. The number of rotatable bonds is 2. The third-order valence-corrected chi connectivity index (χ3v) is 2.91. The molecule has 0 bridgehead atoms. The number of aromatic nitrogens is 1. The predicted molar refractivity (Wildman–Crippen MR) is 64.5 cm³/mol. The zero-order valence-electron chi connectivity index (χ0n) is 9.13. The van der Waals surface area contributed by atoms with Gasteiger partial charge in [0.15, 0.2) is 0 Å². The Hall–Kier alpha value is -1.27. The molecule has 2 rings (SSSR count). The molecule has 2 heterocycles. The monoisotopic (exact) mass is 221 g/mol. The lowest BCUT2D eigenvalue weighted by Crippen LogP contribution is -2.34. The highest BCUT2D eigenvalue weighted by atomic mass is 16.4. The lowest BCUT2D eigenvalue weighted by Gasteiger charge is -2.29. The molecule has 5 nitrogen and oxygen atoms in total. The standard InChI is InChI=1S/C10H16BN3O2/c12-10-9(14-4-2-1-3-5-14)6-8(7-13-10)11(15)16/h6-7,15-16H,1-5H2,(H2,12,13). The maximum atomic E-state index is 9.09. The van der Waals surface area contributed by atoms with Crippen LogP contribution in [0.2, 0.25) is 0 Å². The van der Waals surface area contributed by atoms with E-state index in [9.17, 15) is 0 Å². The number of hydrogen-bond acceptors (Lipinski definition) is 5. The first kappa shape index (κ1) is 11.2. The molecular weight excluding hydrogens is 205 g/mol. The van der Waals surface area contributed by atoms with Gasteiger partial charge >= 0.3 is 7.12 Å². The molecule has 1 aromatic rings. The van der Waals surface area contributed by atoms with Crippen molar-refractivity contribution in [1.29, 1.82) is 0 Å². The summed E-state index contributed by atoms with van der Waals surface area (Å²) in [5.74, 6) is 0.450. The molecular formula is C10H16BN3O2. The Bertz CT molecular complexity index is 367. The van der Waals surface area contributed by atoms with E-state index in [-0.39, 0.29) is 0 Å². The number of nitrogen functional groups attached to an aromatic ring is 1. The van der Waals surface area contributed by atoms with E-state index in [0.717, 1.165) is 31.6 Å². The number of nitrogens with two attached hydrogens (primary N) is 1. The summed E-state index contributed by atoms with van der Waals surface area (Å²) in [5, 5.41) is 18.2. The minimum Gasteiger partial charge on any atom is -0.423 e. The fourth-order valence-electron chi connectivity index (χ4n) is 2.01. The van der Waals surface area contributed by atoms with Gasteiger partial charge in [0.1, 0.15) is 5.82 Å². The van der Waals surface area contributed by atoms with Gasteiger partial charge in [-0.1, -0.05) is 0 Å². The van der Waals surface area contributed by atoms with Crippen molar-refractivity contribution < 1.29 is 10.0 Å². The van der Waals surface area contributed by atoms with Crippen LogP contribution < -0.4 is 16.1 Å². The third-order valence-electron chi connectivity index (χ3n) is 2.91. The average Bonchev–Trinajstić information content (AvgIpc) is 2.30. The van der Waals surface area contributed by atoms with Gasteiger partial charge in [0.05, 0.1) is 5.69 Å². The van der Waals surface area contributed by atoms with Gasteiger partial charge in [-0.25, -0.2) is 4.98 Å². The van der Waals surface area contributed by atoms with Crippen LogP contribution in [0.3, 0.4) is 0 Å². The Morgan fingerprint density at radius 1 is 1.25 bits per heavy atom. The zero-order chi connectivity index (χ0) is 11.5. The van der Waals surface area contributed by atoms with Crippen LogP contribution in [0, 0.1) is 0 Å². The molecule has 86 valence electrons. The van der Waals surface area contributed by atoms with Crippen molar-refractivity contribution in [1.82, 2.24) is 4.98 Å². The van der Waals surface area contributed by atoms with Gasteiger partial charge in [0.2, 0.25) is 0 Å². The molecule has 1 saturated heterocycles. The van der Waals surface area contributed by atoms with Crippen molar-refractivity contribution in [2.24, 2.45) is 0 Å². The maximum absolute atomic E-state index is 9.09. The number of piperidine rings is 1. The lowest BCUT2D eigenvalue weighted by atomic mass is 9.81. The molecule has 1 fully saturated rings. The molecule has 0 radical (unpaired) electrons. The van der Waals surface area contributed by atoms with Crippen LogP contribution in [-0.4, -0.2) is 35.2 Å². The molecule has 0 amide bonds. The van der Waals surface area contributed by atoms with Crippen molar-refractivity contribution in [3.05, 3.63) is 12.3 Å². The van der Waals surface area contributed by atoms with Gasteiger partial charge in [-0.15, -0.1) is 0 Å². The van der Waals surface area contributed by atoms with E-state index in [1.165, 1.54) is 12.6 Å². The van der Waals surface area contributed by atoms with E-state index >= 15 is 0 Å². The second-order valence-electron chi connectivity index (χ2n) is 4.09. The molecule has 1 aromatic heterocycles. The quantitative estimate of drug-likeness (QED) is 0.577. The van der Waals surface area contributed by atoms with Crippen molar-refractivity contribution in [3.8, 4) is 0 Å². The van der Waals surface area contributed by atoms with Gasteiger partial charge in [-0.3, -0.25) is 0 Å². The first-order valence-electron chi connectivity index (χ1n) is 5.55. The van der Waals surface area contributed by atoms with Crippen molar-refractivity contribution in [3.63, 3.8) is 0 Å². The molecule has 1 aliphatic rings. The van der Waals surface area contributed by atoms with Crippen LogP contribution in [0.25, 0.3) is 0 Å². The molecule has 1 aliphatic heterocycles. The smallest absolute Gasteiger partial charge is 0.423 e. The normalized spacial score (nSPS) is 16.2. The molecule has 0 atom stereocenters. The van der Waals surface area contributed by atoms with Gasteiger partial charge in [-0.2, -0.15) is 0 Å². The van der Waals surface area contributed by atoms with Crippen molar-refractivity contribution in [2.75, 3.05) is 23.7 Å². The third kappa shape index (κ3) is 2.28. The maximum Gasteiger partial charge on any atom is 0.490 e. The number of hydrogen-bond donors (Lipinski definition) is 3. The first-order chi connectivity index (χ1) is 7.68. The van der Waals surface area contributed by atoms with E-state index in [1.807, 2.05) is 0 Å². The van der Waals surface area contributed by atoms with E-state index < -0.39 is 7.12 Å². The largest absolute Gasteiger partial charge is 0.490 e. The Morgan fingerprint density at radius 3 is 2.56 bits per heavy atom. The summed E-state index contributed by atoms with van der Waals surface area (Å²) in [4.78, 5) is 6.14. The predicted octanol–water partition coefficient (Wildman–Crippen LogP) is -0.666. The highest BCUT2D eigenvalue weighted by Crippen LogP contribution is 2.23. The molecule has 4 N–H and O–H groups in total. The van der Waals surface area contributed by atoms with Crippen LogP contribution in [0.5, 0.6) is 0 Å². The zero-order valence-corrected chi connectivity index (χ0v) is 9.13. The molecule has 0 unspecified atom stereocenters. The molecule has 0 saturated carbocycles. The topological polar surface area (TPSA) is 82.6 Å². The molecule has 16 heavy (non-hydrogen) atoms. The van der Waals surface area contributed by atoms with E-state index in [1.54, 1.807) is 6.07 Å². The Labute approximate surface area is 95.1 Å². The summed E-state index contributed by atoms with van der Waals surface area (Å²) < 4.78 is 0. The Morgan fingerprint density at radius 2 is 1.94 bits per heavy atom. The molecule has 0 aromatic carbocycles. The van der Waals surface area contributed by atoms with Gasteiger partial charge < -0.3 is 20.7 Å². The second-order valence-corrected chi connectivity index (χ2v) is 4.09. The summed E-state index contributed by atoms with van der Waals surface area (Å²) in [6.07, 6.45) is 4.93. The van der Waals surface area contributed by atoms with E-state index in [2.05, 4.69) is 9.88 Å². The minimum absolute atomic E-state index is 0.384. The summed E-state index contributed by atoms with van der Waals surface area (Å²) in [6, 6.07) is 1.71. The fraction of sp³-hybridized carbons (Fsp3) is 0.500. The van der Waals surface area contributed by atoms with E-state index in [4.69, 9.17) is 15.8 Å². The number of nitrogens with zero attached hydrogens (tertiary/aromatic N) is 2. The van der Waals surface area contributed by atoms with Crippen LogP contribution >= 0.6 is 0 Å². The van der Waals surface area contributed by atoms with Gasteiger partial charge in [0, 0.05) is 24.7 Å². The molecule has 0 spiro atoms. The lowest BCUT2D eigenvalue weighted by molar-refractivity contribution is 0.425. The van der Waals surface area contributed by atoms with Crippen molar-refractivity contribution in [2.45, 2.75) is 19.3 Å². The first-order valence-corrected chi connectivity index (χ1v) is 5.55. The highest BCUT2D eigenvalue weighted by Gasteiger charge is 2.18.